The Morgan fingerprint density at radius 2 is 2.17 bits per heavy atom. The molecule has 0 radical (unpaired) electrons. The SMILES string of the molecule is CC(N)Cc1ccc(OCCN2CCCC2)cn1. The highest BCUT2D eigenvalue weighted by Crippen LogP contribution is 2.11. The lowest BCUT2D eigenvalue weighted by molar-refractivity contribution is 0.237. The molecule has 2 N–H and O–H groups in total. The van der Waals surface area contributed by atoms with E-state index >= 15 is 0 Å². The van der Waals surface area contributed by atoms with Crippen LogP contribution in [0.5, 0.6) is 5.75 Å². The molecule has 4 nitrogen and oxygen atoms in total. The van der Waals surface area contributed by atoms with E-state index in [0.717, 1.165) is 31.0 Å². The molecule has 2 rings (SSSR count). The Labute approximate surface area is 109 Å². The van der Waals surface area contributed by atoms with Gasteiger partial charge in [-0.25, -0.2) is 0 Å². The zero-order valence-electron chi connectivity index (χ0n) is 11.1. The van der Waals surface area contributed by atoms with E-state index in [9.17, 15) is 0 Å². The first-order valence-corrected chi connectivity index (χ1v) is 6.80. The van der Waals surface area contributed by atoms with Crippen molar-refractivity contribution in [2.24, 2.45) is 5.73 Å². The van der Waals surface area contributed by atoms with Crippen LogP contribution in [0.1, 0.15) is 25.5 Å². The molecule has 2 heterocycles. The average molecular weight is 249 g/mol. The van der Waals surface area contributed by atoms with Crippen LogP contribution < -0.4 is 10.5 Å². The van der Waals surface area contributed by atoms with Gasteiger partial charge in [-0.1, -0.05) is 0 Å². The summed E-state index contributed by atoms with van der Waals surface area (Å²) in [6.45, 7) is 6.18. The van der Waals surface area contributed by atoms with Crippen molar-refractivity contribution < 1.29 is 4.74 Å². The summed E-state index contributed by atoms with van der Waals surface area (Å²) < 4.78 is 5.69. The van der Waals surface area contributed by atoms with Gasteiger partial charge in [0.1, 0.15) is 12.4 Å². The molecule has 18 heavy (non-hydrogen) atoms. The summed E-state index contributed by atoms with van der Waals surface area (Å²) >= 11 is 0. The van der Waals surface area contributed by atoms with E-state index in [1.54, 1.807) is 6.20 Å². The number of pyridine rings is 1. The number of likely N-dealkylation sites (tertiary alicyclic amines) is 1. The number of rotatable bonds is 6. The van der Waals surface area contributed by atoms with Gasteiger partial charge in [-0.2, -0.15) is 0 Å². The van der Waals surface area contributed by atoms with Crippen molar-refractivity contribution in [2.45, 2.75) is 32.2 Å². The Morgan fingerprint density at radius 1 is 1.39 bits per heavy atom. The van der Waals surface area contributed by atoms with Crippen LogP contribution in [-0.4, -0.2) is 42.2 Å². The van der Waals surface area contributed by atoms with Gasteiger partial charge in [-0.15, -0.1) is 0 Å². The van der Waals surface area contributed by atoms with Crippen LogP contribution in [0.25, 0.3) is 0 Å². The molecule has 0 amide bonds. The summed E-state index contributed by atoms with van der Waals surface area (Å²) in [7, 11) is 0. The number of aromatic nitrogens is 1. The third kappa shape index (κ3) is 4.27. The van der Waals surface area contributed by atoms with Crippen LogP contribution >= 0.6 is 0 Å². The van der Waals surface area contributed by atoms with E-state index < -0.39 is 0 Å². The maximum absolute atomic E-state index is 5.74. The molecule has 4 heteroatoms. The topological polar surface area (TPSA) is 51.4 Å². The maximum atomic E-state index is 5.74. The van der Waals surface area contributed by atoms with Gasteiger partial charge >= 0.3 is 0 Å². The fraction of sp³-hybridized carbons (Fsp3) is 0.643. The first-order valence-electron chi connectivity index (χ1n) is 6.80. The van der Waals surface area contributed by atoms with Crippen LogP contribution in [0.2, 0.25) is 0 Å². The molecule has 1 aromatic rings. The smallest absolute Gasteiger partial charge is 0.137 e. The van der Waals surface area contributed by atoms with Gasteiger partial charge in [0.2, 0.25) is 0 Å². The van der Waals surface area contributed by atoms with Crippen molar-refractivity contribution in [3.05, 3.63) is 24.0 Å². The molecule has 1 fully saturated rings. The molecule has 0 bridgehead atoms. The number of hydrogen-bond acceptors (Lipinski definition) is 4. The summed E-state index contributed by atoms with van der Waals surface area (Å²) in [5.41, 5.74) is 6.76. The number of ether oxygens (including phenoxy) is 1. The molecule has 1 unspecified atom stereocenters. The van der Waals surface area contributed by atoms with Gasteiger partial charge in [-0.05, 0) is 45.0 Å². The van der Waals surface area contributed by atoms with Crippen LogP contribution in [-0.2, 0) is 6.42 Å². The average Bonchev–Trinajstić information content (AvgIpc) is 2.84. The van der Waals surface area contributed by atoms with Gasteiger partial charge in [0.25, 0.3) is 0 Å². The molecule has 0 aliphatic carbocycles. The van der Waals surface area contributed by atoms with E-state index in [1.165, 1.54) is 25.9 Å². The third-order valence-electron chi connectivity index (χ3n) is 3.20. The summed E-state index contributed by atoms with van der Waals surface area (Å²) in [4.78, 5) is 6.79. The minimum absolute atomic E-state index is 0.152. The highest BCUT2D eigenvalue weighted by Gasteiger charge is 2.10. The standard InChI is InChI=1S/C14H23N3O/c1-12(15)10-13-4-5-14(11-16-13)18-9-8-17-6-2-3-7-17/h4-5,11-12H,2-3,6-10,15H2,1H3. The molecule has 1 aromatic heterocycles. The zero-order chi connectivity index (χ0) is 12.8. The first kappa shape index (κ1) is 13.3. The van der Waals surface area contributed by atoms with Crippen LogP contribution in [0.15, 0.2) is 18.3 Å². The predicted molar refractivity (Wildman–Crippen MR) is 72.8 cm³/mol. The van der Waals surface area contributed by atoms with Crippen molar-refractivity contribution in [1.29, 1.82) is 0 Å². The second-order valence-electron chi connectivity index (χ2n) is 5.06. The maximum Gasteiger partial charge on any atom is 0.137 e. The first-order chi connectivity index (χ1) is 8.74. The van der Waals surface area contributed by atoms with Crippen molar-refractivity contribution >= 4 is 0 Å². The van der Waals surface area contributed by atoms with Crippen LogP contribution in [0.4, 0.5) is 0 Å². The summed E-state index contributed by atoms with van der Waals surface area (Å²) in [6, 6.07) is 4.13. The Bertz CT molecular complexity index is 345. The minimum Gasteiger partial charge on any atom is -0.491 e. The Hall–Kier alpha value is -1.13. The van der Waals surface area contributed by atoms with E-state index in [1.807, 2.05) is 19.1 Å². The van der Waals surface area contributed by atoms with Crippen LogP contribution in [0, 0.1) is 0 Å². The summed E-state index contributed by atoms with van der Waals surface area (Å²) in [5.74, 6) is 0.850. The number of nitrogens with two attached hydrogens (primary N) is 1. The van der Waals surface area contributed by atoms with E-state index in [2.05, 4.69) is 9.88 Å². The minimum atomic E-state index is 0.152. The normalized spacial score (nSPS) is 17.9. The second kappa shape index (κ2) is 6.71. The van der Waals surface area contributed by atoms with E-state index in [0.29, 0.717) is 0 Å². The molecule has 0 saturated carbocycles. The monoisotopic (exact) mass is 249 g/mol. The Balaban J connectivity index is 1.72. The third-order valence-corrected chi connectivity index (χ3v) is 3.20. The fourth-order valence-corrected chi connectivity index (χ4v) is 2.25. The zero-order valence-corrected chi connectivity index (χ0v) is 11.1. The molecule has 1 aliphatic heterocycles. The van der Waals surface area contributed by atoms with Gasteiger partial charge in [-0.3, -0.25) is 9.88 Å². The van der Waals surface area contributed by atoms with Crippen molar-refractivity contribution in [3.8, 4) is 5.75 Å². The van der Waals surface area contributed by atoms with Crippen molar-refractivity contribution in [3.63, 3.8) is 0 Å². The lowest BCUT2D eigenvalue weighted by Gasteiger charge is -2.14. The van der Waals surface area contributed by atoms with Gasteiger partial charge < -0.3 is 10.5 Å². The molecule has 1 atom stereocenters. The van der Waals surface area contributed by atoms with Crippen molar-refractivity contribution in [2.75, 3.05) is 26.2 Å². The summed E-state index contributed by atoms with van der Waals surface area (Å²) in [5, 5.41) is 0. The largest absolute Gasteiger partial charge is 0.491 e. The van der Waals surface area contributed by atoms with E-state index in [-0.39, 0.29) is 6.04 Å². The molecule has 1 saturated heterocycles. The second-order valence-corrected chi connectivity index (χ2v) is 5.06. The summed E-state index contributed by atoms with van der Waals surface area (Å²) in [6.07, 6.45) is 5.26. The fourth-order valence-electron chi connectivity index (χ4n) is 2.25. The number of nitrogens with zero attached hydrogens (tertiary/aromatic N) is 2. The number of hydrogen-bond donors (Lipinski definition) is 1. The Morgan fingerprint density at radius 3 is 2.78 bits per heavy atom. The quantitative estimate of drug-likeness (QED) is 0.829. The molecule has 1 aliphatic rings. The van der Waals surface area contributed by atoms with Gasteiger partial charge in [0.05, 0.1) is 6.20 Å². The van der Waals surface area contributed by atoms with Crippen LogP contribution in [0.3, 0.4) is 0 Å². The van der Waals surface area contributed by atoms with Gasteiger partial charge in [0, 0.05) is 24.7 Å². The molecule has 100 valence electrons. The van der Waals surface area contributed by atoms with E-state index in [4.69, 9.17) is 10.5 Å². The lowest BCUT2D eigenvalue weighted by atomic mass is 10.2. The highest BCUT2D eigenvalue weighted by molar-refractivity contribution is 5.20. The molecule has 0 aromatic carbocycles. The highest BCUT2D eigenvalue weighted by atomic mass is 16.5. The van der Waals surface area contributed by atoms with Crippen molar-refractivity contribution in [1.82, 2.24) is 9.88 Å². The predicted octanol–water partition coefficient (Wildman–Crippen LogP) is 1.45. The molecular formula is C14H23N3O. The lowest BCUT2D eigenvalue weighted by Crippen LogP contribution is -2.25. The molecular weight excluding hydrogens is 226 g/mol. The Kier molecular flexibility index (Phi) is 4.96. The molecule has 0 spiro atoms. The van der Waals surface area contributed by atoms with Gasteiger partial charge in [0.15, 0.2) is 0 Å².